The number of carboxylic acid groups (broad SMARTS) is 1. The molecule has 0 unspecified atom stereocenters. The van der Waals surface area contributed by atoms with Crippen LogP contribution in [0.25, 0.3) is 0 Å². The summed E-state index contributed by atoms with van der Waals surface area (Å²) in [6.45, 7) is 5.06. The number of carboxylic acids is 1. The Morgan fingerprint density at radius 2 is 2.00 bits per heavy atom. The van der Waals surface area contributed by atoms with Crippen molar-refractivity contribution in [1.29, 1.82) is 0 Å². The van der Waals surface area contributed by atoms with Crippen molar-refractivity contribution in [2.24, 2.45) is 0 Å². The summed E-state index contributed by atoms with van der Waals surface area (Å²) in [5.74, 6) is -3.90. The van der Waals surface area contributed by atoms with Crippen LogP contribution < -0.4 is 5.32 Å². The fourth-order valence-electron chi connectivity index (χ4n) is 2.66. The lowest BCUT2D eigenvalue weighted by atomic mass is 10.0. The Hall–Kier alpha value is -1.69. The second-order valence-electron chi connectivity index (χ2n) is 5.35. The van der Waals surface area contributed by atoms with Crippen LogP contribution in [0.1, 0.15) is 36.5 Å². The minimum Gasteiger partial charge on any atom is -0.478 e. The number of hydrogen-bond donors (Lipinski definition) is 2. The average molecular weight is 298 g/mol. The van der Waals surface area contributed by atoms with Crippen LogP contribution >= 0.6 is 0 Å². The Bertz CT molecular complexity index is 515. The van der Waals surface area contributed by atoms with E-state index in [1.54, 1.807) is 0 Å². The van der Waals surface area contributed by atoms with Crippen molar-refractivity contribution in [1.82, 2.24) is 4.90 Å². The number of rotatable bonds is 5. The number of anilines is 1. The molecule has 2 rings (SSSR count). The van der Waals surface area contributed by atoms with E-state index in [2.05, 4.69) is 17.1 Å². The monoisotopic (exact) mass is 298 g/mol. The van der Waals surface area contributed by atoms with E-state index in [0.29, 0.717) is 0 Å². The number of halogens is 2. The molecule has 0 bridgehead atoms. The Labute approximate surface area is 122 Å². The van der Waals surface area contributed by atoms with Gasteiger partial charge in [-0.3, -0.25) is 0 Å². The molecule has 0 atom stereocenters. The first-order valence-electron chi connectivity index (χ1n) is 7.23. The first-order valence-corrected chi connectivity index (χ1v) is 7.23. The molecular formula is C15H20F2N2O2. The number of likely N-dealkylation sites (tertiary alicyclic amines) is 1. The Kier molecular flexibility index (Phi) is 5.12. The number of piperidine rings is 1. The molecule has 2 N–H and O–H groups in total. The molecule has 4 nitrogen and oxygen atoms in total. The van der Waals surface area contributed by atoms with Crippen molar-refractivity contribution >= 4 is 11.7 Å². The maximum absolute atomic E-state index is 13.9. The van der Waals surface area contributed by atoms with Crippen LogP contribution in [0.5, 0.6) is 0 Å². The number of nitrogens with one attached hydrogen (secondary N) is 1. The molecule has 21 heavy (non-hydrogen) atoms. The van der Waals surface area contributed by atoms with Crippen LogP contribution in [-0.4, -0.2) is 41.7 Å². The van der Waals surface area contributed by atoms with Crippen molar-refractivity contribution < 1.29 is 18.7 Å². The van der Waals surface area contributed by atoms with Crippen molar-refractivity contribution in [2.75, 3.05) is 25.0 Å². The minimum atomic E-state index is -1.47. The van der Waals surface area contributed by atoms with Gasteiger partial charge in [0.2, 0.25) is 0 Å². The lowest BCUT2D eigenvalue weighted by molar-refractivity contribution is 0.0690. The third-order valence-electron chi connectivity index (χ3n) is 3.80. The highest BCUT2D eigenvalue weighted by Gasteiger charge is 2.22. The highest BCUT2D eigenvalue weighted by Crippen LogP contribution is 2.23. The summed E-state index contributed by atoms with van der Waals surface area (Å²) in [5.41, 5.74) is -0.609. The highest BCUT2D eigenvalue weighted by molar-refractivity contribution is 5.88. The summed E-state index contributed by atoms with van der Waals surface area (Å²) in [4.78, 5) is 13.1. The predicted molar refractivity (Wildman–Crippen MR) is 76.7 cm³/mol. The predicted octanol–water partition coefficient (Wildman–Crippen LogP) is 2.95. The first-order chi connectivity index (χ1) is 10.0. The minimum absolute atomic E-state index is 0.0337. The van der Waals surface area contributed by atoms with Gasteiger partial charge in [-0.05, 0) is 37.9 Å². The van der Waals surface area contributed by atoms with E-state index in [-0.39, 0.29) is 11.7 Å². The second kappa shape index (κ2) is 6.85. The molecular weight excluding hydrogens is 278 g/mol. The molecule has 0 amide bonds. The molecule has 0 aliphatic carbocycles. The normalized spacial score (nSPS) is 16.9. The zero-order valence-corrected chi connectivity index (χ0v) is 12.0. The van der Waals surface area contributed by atoms with E-state index in [4.69, 9.17) is 5.11 Å². The molecule has 1 aromatic carbocycles. The highest BCUT2D eigenvalue weighted by atomic mass is 19.2. The standard InChI is InChI=1S/C15H20F2N2O2/c1-2-7-19-8-5-10(6-9-19)18-12-4-3-11(15(20)21)13(16)14(12)17/h3-4,10,18H,2,5-9H2,1H3,(H,20,21). The van der Waals surface area contributed by atoms with Gasteiger partial charge in [0, 0.05) is 19.1 Å². The molecule has 0 saturated carbocycles. The van der Waals surface area contributed by atoms with E-state index in [0.717, 1.165) is 45.0 Å². The number of hydrogen-bond acceptors (Lipinski definition) is 3. The topological polar surface area (TPSA) is 52.6 Å². The van der Waals surface area contributed by atoms with E-state index in [1.807, 2.05) is 0 Å². The molecule has 1 aromatic rings. The summed E-state index contributed by atoms with van der Waals surface area (Å²) in [6, 6.07) is 2.47. The lowest BCUT2D eigenvalue weighted by Gasteiger charge is -2.32. The van der Waals surface area contributed by atoms with Gasteiger partial charge in [0.15, 0.2) is 11.6 Å². The van der Waals surface area contributed by atoms with Crippen molar-refractivity contribution in [3.63, 3.8) is 0 Å². The fraction of sp³-hybridized carbons (Fsp3) is 0.533. The number of carbonyl (C=O) groups is 1. The molecule has 6 heteroatoms. The maximum Gasteiger partial charge on any atom is 0.338 e. The van der Waals surface area contributed by atoms with Gasteiger partial charge < -0.3 is 15.3 Å². The molecule has 0 aromatic heterocycles. The smallest absolute Gasteiger partial charge is 0.338 e. The molecule has 0 radical (unpaired) electrons. The Balaban J connectivity index is 2.01. The number of benzene rings is 1. The van der Waals surface area contributed by atoms with Gasteiger partial charge in [-0.25, -0.2) is 13.6 Å². The van der Waals surface area contributed by atoms with E-state index >= 15 is 0 Å². The molecule has 1 heterocycles. The maximum atomic E-state index is 13.9. The van der Waals surface area contributed by atoms with Gasteiger partial charge in [0.1, 0.15) is 0 Å². The zero-order valence-electron chi connectivity index (χ0n) is 12.0. The SMILES string of the molecule is CCCN1CCC(Nc2ccc(C(=O)O)c(F)c2F)CC1. The summed E-state index contributed by atoms with van der Waals surface area (Å²) >= 11 is 0. The van der Waals surface area contributed by atoms with Crippen LogP contribution in [0.4, 0.5) is 14.5 Å². The van der Waals surface area contributed by atoms with Crippen molar-refractivity contribution in [3.05, 3.63) is 29.3 Å². The molecule has 1 fully saturated rings. The van der Waals surface area contributed by atoms with Gasteiger partial charge in [-0.2, -0.15) is 0 Å². The quantitative estimate of drug-likeness (QED) is 0.877. The molecule has 1 aliphatic rings. The van der Waals surface area contributed by atoms with Gasteiger partial charge in [0.05, 0.1) is 11.3 Å². The Morgan fingerprint density at radius 3 is 2.57 bits per heavy atom. The van der Waals surface area contributed by atoms with Crippen LogP contribution in [-0.2, 0) is 0 Å². The van der Waals surface area contributed by atoms with Crippen molar-refractivity contribution in [2.45, 2.75) is 32.2 Å². The van der Waals surface area contributed by atoms with Crippen LogP contribution in [0.15, 0.2) is 12.1 Å². The fourth-order valence-corrected chi connectivity index (χ4v) is 2.66. The van der Waals surface area contributed by atoms with Gasteiger partial charge in [0.25, 0.3) is 0 Å². The summed E-state index contributed by atoms with van der Waals surface area (Å²) in [5, 5.41) is 11.7. The molecule has 116 valence electrons. The summed E-state index contributed by atoms with van der Waals surface area (Å²) < 4.78 is 27.5. The van der Waals surface area contributed by atoms with Crippen LogP contribution in [0.2, 0.25) is 0 Å². The van der Waals surface area contributed by atoms with Gasteiger partial charge in [-0.15, -0.1) is 0 Å². The van der Waals surface area contributed by atoms with E-state index in [1.165, 1.54) is 6.07 Å². The third-order valence-corrected chi connectivity index (χ3v) is 3.80. The van der Waals surface area contributed by atoms with Crippen LogP contribution in [0.3, 0.4) is 0 Å². The Morgan fingerprint density at radius 1 is 1.33 bits per heavy atom. The lowest BCUT2D eigenvalue weighted by Crippen LogP contribution is -2.39. The summed E-state index contributed by atoms with van der Waals surface area (Å²) in [7, 11) is 0. The summed E-state index contributed by atoms with van der Waals surface area (Å²) in [6.07, 6.45) is 2.83. The van der Waals surface area contributed by atoms with Gasteiger partial charge in [-0.1, -0.05) is 6.92 Å². The number of nitrogens with zero attached hydrogens (tertiary/aromatic N) is 1. The largest absolute Gasteiger partial charge is 0.478 e. The van der Waals surface area contributed by atoms with E-state index in [9.17, 15) is 13.6 Å². The van der Waals surface area contributed by atoms with Gasteiger partial charge >= 0.3 is 5.97 Å². The molecule has 1 aliphatic heterocycles. The number of aromatic carboxylic acids is 1. The molecule has 1 saturated heterocycles. The average Bonchev–Trinajstić information content (AvgIpc) is 2.46. The first kappa shape index (κ1) is 15.7. The molecule has 0 spiro atoms. The zero-order chi connectivity index (χ0) is 15.4. The van der Waals surface area contributed by atoms with E-state index < -0.39 is 23.2 Å². The second-order valence-corrected chi connectivity index (χ2v) is 5.35. The van der Waals surface area contributed by atoms with Crippen molar-refractivity contribution in [3.8, 4) is 0 Å². The van der Waals surface area contributed by atoms with Crippen LogP contribution in [0, 0.1) is 11.6 Å². The third kappa shape index (κ3) is 3.69.